The van der Waals surface area contributed by atoms with Crippen molar-refractivity contribution in [3.05, 3.63) is 28.8 Å². The van der Waals surface area contributed by atoms with Crippen LogP contribution in [0.5, 0.6) is 0 Å². The van der Waals surface area contributed by atoms with Crippen molar-refractivity contribution in [2.24, 2.45) is 11.3 Å². The molecule has 0 unspecified atom stereocenters. The minimum atomic E-state index is 0. The predicted molar refractivity (Wildman–Crippen MR) is 147 cm³/mol. The van der Waals surface area contributed by atoms with E-state index in [1.165, 1.54) is 62.7 Å². The first-order valence-electron chi connectivity index (χ1n) is 12.4. The van der Waals surface area contributed by atoms with Crippen molar-refractivity contribution in [1.29, 1.82) is 0 Å². The van der Waals surface area contributed by atoms with Crippen molar-refractivity contribution in [1.82, 2.24) is 0 Å². The quantitative estimate of drug-likeness (QED) is 0.253. The molecular formula is C30H56S. The molecule has 0 aliphatic heterocycles. The number of thioether (sulfide) groups is 1. The lowest BCUT2D eigenvalue weighted by Crippen LogP contribution is -2.19. The average molecular weight is 449 g/mol. The van der Waals surface area contributed by atoms with Crippen LogP contribution in [0.15, 0.2) is 17.0 Å². The van der Waals surface area contributed by atoms with Crippen molar-refractivity contribution in [3.63, 3.8) is 0 Å². The Morgan fingerprint density at radius 3 is 1.81 bits per heavy atom. The molecule has 0 saturated heterocycles. The van der Waals surface area contributed by atoms with Crippen LogP contribution in [0.4, 0.5) is 0 Å². The largest absolute Gasteiger partial charge is 0.126 e. The minimum absolute atomic E-state index is 0. The van der Waals surface area contributed by atoms with Gasteiger partial charge in [0.25, 0.3) is 0 Å². The Hall–Kier alpha value is -0.430. The van der Waals surface area contributed by atoms with Crippen molar-refractivity contribution < 1.29 is 0 Å². The first kappa shape index (κ1) is 30.6. The van der Waals surface area contributed by atoms with E-state index in [2.05, 4.69) is 79.3 Å². The summed E-state index contributed by atoms with van der Waals surface area (Å²) in [6.07, 6.45) is 11.5. The van der Waals surface area contributed by atoms with E-state index in [1.54, 1.807) is 16.0 Å². The van der Waals surface area contributed by atoms with Gasteiger partial charge in [-0.25, -0.2) is 0 Å². The smallest absolute Gasteiger partial charge is 0.0141 e. The molecule has 1 aromatic rings. The van der Waals surface area contributed by atoms with Crippen molar-refractivity contribution >= 4 is 11.8 Å². The first-order valence-corrected chi connectivity index (χ1v) is 13.4. The van der Waals surface area contributed by atoms with Crippen LogP contribution < -0.4 is 0 Å². The molecule has 1 heteroatoms. The van der Waals surface area contributed by atoms with Gasteiger partial charge >= 0.3 is 0 Å². The maximum absolute atomic E-state index is 2.52. The highest BCUT2D eigenvalue weighted by atomic mass is 32.2. The summed E-state index contributed by atoms with van der Waals surface area (Å²) in [5.41, 5.74) is 5.17. The van der Waals surface area contributed by atoms with Gasteiger partial charge in [-0.1, -0.05) is 114 Å². The molecule has 0 N–H and O–H groups in total. The lowest BCUT2D eigenvalue weighted by molar-refractivity contribution is 0.208. The molecule has 1 aromatic carbocycles. The van der Waals surface area contributed by atoms with E-state index >= 15 is 0 Å². The summed E-state index contributed by atoms with van der Waals surface area (Å²) >= 11 is 2.14. The van der Waals surface area contributed by atoms with Crippen LogP contribution in [-0.2, 0) is 0 Å². The van der Waals surface area contributed by atoms with E-state index in [4.69, 9.17) is 0 Å². The highest BCUT2D eigenvalue weighted by Gasteiger charge is 2.24. The van der Waals surface area contributed by atoms with Gasteiger partial charge in [0.1, 0.15) is 0 Å². The molecule has 0 spiro atoms. The van der Waals surface area contributed by atoms with Gasteiger partial charge in [-0.05, 0) is 70.8 Å². The van der Waals surface area contributed by atoms with Crippen molar-refractivity contribution in [3.8, 4) is 0 Å². The fraction of sp³-hybridized carbons (Fsp3) is 0.800. The second-order valence-corrected chi connectivity index (χ2v) is 12.4. The van der Waals surface area contributed by atoms with Gasteiger partial charge in [0.15, 0.2) is 0 Å². The Morgan fingerprint density at radius 1 is 0.839 bits per heavy atom. The van der Waals surface area contributed by atoms with Crippen LogP contribution in [0.25, 0.3) is 0 Å². The van der Waals surface area contributed by atoms with E-state index in [1.807, 2.05) is 0 Å². The fourth-order valence-corrected chi connectivity index (χ4v) is 6.47. The summed E-state index contributed by atoms with van der Waals surface area (Å²) in [7, 11) is 0. The van der Waals surface area contributed by atoms with Crippen LogP contribution in [0.3, 0.4) is 0 Å². The van der Waals surface area contributed by atoms with Crippen LogP contribution in [0, 0.1) is 11.3 Å². The topological polar surface area (TPSA) is 0 Å². The highest BCUT2D eigenvalue weighted by Crippen LogP contribution is 2.40. The summed E-state index contributed by atoms with van der Waals surface area (Å²) in [5, 5.41) is 0. The van der Waals surface area contributed by atoms with Gasteiger partial charge in [-0.3, -0.25) is 0 Å². The standard InChI is InChI=1S/C28H48S.2CH4/c1-20(2)24-17-25(21(3)4)27(26(18-24)22(5)6)29-16-12-15-28(7,8)19-23-13-10-9-11-14-23;;/h17-18,20-23H,9-16,19H2,1-8H3;2*1H4. The van der Waals surface area contributed by atoms with Gasteiger partial charge in [0.2, 0.25) is 0 Å². The minimum Gasteiger partial charge on any atom is -0.126 e. The molecule has 1 saturated carbocycles. The second kappa shape index (κ2) is 14.0. The van der Waals surface area contributed by atoms with E-state index < -0.39 is 0 Å². The maximum atomic E-state index is 2.52. The molecule has 182 valence electrons. The zero-order valence-electron chi connectivity index (χ0n) is 20.7. The molecule has 0 heterocycles. The molecule has 31 heavy (non-hydrogen) atoms. The van der Waals surface area contributed by atoms with Gasteiger partial charge < -0.3 is 0 Å². The normalized spacial score (nSPS) is 15.3. The predicted octanol–water partition coefficient (Wildman–Crippen LogP) is 11.2. The van der Waals surface area contributed by atoms with Gasteiger partial charge in [0, 0.05) is 4.90 Å². The molecule has 1 aliphatic carbocycles. The molecule has 1 aliphatic rings. The van der Waals surface area contributed by atoms with Crippen LogP contribution in [0.1, 0.15) is 156 Å². The Labute approximate surface area is 201 Å². The number of benzene rings is 1. The third-order valence-corrected chi connectivity index (χ3v) is 8.14. The number of hydrogen-bond acceptors (Lipinski definition) is 1. The van der Waals surface area contributed by atoms with Crippen LogP contribution in [-0.4, -0.2) is 5.75 Å². The monoisotopic (exact) mass is 448 g/mol. The molecule has 0 bridgehead atoms. The Bertz CT molecular complexity index is 588. The summed E-state index contributed by atoms with van der Waals surface area (Å²) in [6, 6.07) is 4.99. The second-order valence-electron chi connectivity index (χ2n) is 11.3. The van der Waals surface area contributed by atoms with Crippen LogP contribution >= 0.6 is 11.8 Å². The van der Waals surface area contributed by atoms with Crippen LogP contribution in [0.2, 0.25) is 0 Å². The van der Waals surface area contributed by atoms with E-state index in [9.17, 15) is 0 Å². The van der Waals surface area contributed by atoms with E-state index in [0.717, 1.165) is 5.92 Å². The average Bonchev–Trinajstić information content (AvgIpc) is 2.64. The molecule has 0 amide bonds. The van der Waals surface area contributed by atoms with Crippen molar-refractivity contribution in [2.75, 3.05) is 5.75 Å². The Morgan fingerprint density at radius 2 is 1.35 bits per heavy atom. The van der Waals surface area contributed by atoms with Gasteiger partial charge in [-0.15, -0.1) is 11.8 Å². The van der Waals surface area contributed by atoms with Gasteiger partial charge in [-0.2, -0.15) is 0 Å². The van der Waals surface area contributed by atoms with E-state index in [0.29, 0.717) is 23.2 Å². The molecule has 0 radical (unpaired) electrons. The third kappa shape index (κ3) is 9.53. The number of hydrogen-bond donors (Lipinski definition) is 0. The molecule has 0 nitrogen and oxygen atoms in total. The summed E-state index contributed by atoms with van der Waals surface area (Å²) in [6.45, 7) is 19.1. The summed E-state index contributed by atoms with van der Waals surface area (Å²) < 4.78 is 0. The summed E-state index contributed by atoms with van der Waals surface area (Å²) in [4.78, 5) is 1.59. The summed E-state index contributed by atoms with van der Waals surface area (Å²) in [5.74, 6) is 4.04. The molecular weight excluding hydrogens is 392 g/mol. The zero-order valence-corrected chi connectivity index (χ0v) is 21.6. The molecule has 0 aromatic heterocycles. The SMILES string of the molecule is C.C.CC(C)c1cc(C(C)C)c(SCCCC(C)(C)CC2CCCCC2)c(C(C)C)c1. The Balaban J connectivity index is 0.00000450. The Kier molecular flexibility index (Phi) is 13.8. The molecule has 1 fully saturated rings. The molecule has 0 atom stereocenters. The van der Waals surface area contributed by atoms with Crippen molar-refractivity contribution in [2.45, 2.75) is 144 Å². The lowest BCUT2D eigenvalue weighted by Gasteiger charge is -2.32. The van der Waals surface area contributed by atoms with E-state index in [-0.39, 0.29) is 14.9 Å². The zero-order chi connectivity index (χ0) is 21.6. The first-order chi connectivity index (χ1) is 13.6. The highest BCUT2D eigenvalue weighted by molar-refractivity contribution is 7.99. The fourth-order valence-electron chi connectivity index (χ4n) is 5.06. The maximum Gasteiger partial charge on any atom is 0.0141 e. The lowest BCUT2D eigenvalue weighted by atomic mass is 9.74. The third-order valence-electron chi connectivity index (χ3n) is 6.89. The van der Waals surface area contributed by atoms with Gasteiger partial charge in [0.05, 0.1) is 0 Å². The number of rotatable bonds is 10. The molecule has 2 rings (SSSR count).